The zero-order chi connectivity index (χ0) is 14.5. The number of hydrogen-bond donors (Lipinski definition) is 5. The second kappa shape index (κ2) is 6.64. The van der Waals surface area contributed by atoms with Crippen LogP contribution in [0, 0.1) is 11.6 Å². The first-order valence-electron chi connectivity index (χ1n) is 4.16. The first kappa shape index (κ1) is 16.0. The van der Waals surface area contributed by atoms with Crippen LogP contribution in [-0.4, -0.2) is 44.5 Å². The van der Waals surface area contributed by atoms with Crippen LogP contribution in [0.5, 0.6) is 0 Å². The van der Waals surface area contributed by atoms with Crippen molar-refractivity contribution in [3.05, 3.63) is 34.9 Å². The van der Waals surface area contributed by atoms with Gasteiger partial charge in [0.15, 0.2) is 11.6 Å². The lowest BCUT2D eigenvalue weighted by Gasteiger charge is -2.01. The summed E-state index contributed by atoms with van der Waals surface area (Å²) in [4.78, 5) is 20.9. The van der Waals surface area contributed by atoms with Gasteiger partial charge in [0.05, 0.1) is 11.1 Å². The van der Waals surface area contributed by atoms with Gasteiger partial charge in [-0.3, -0.25) is 0 Å². The van der Waals surface area contributed by atoms with Crippen LogP contribution in [0.4, 0.5) is 8.78 Å². The van der Waals surface area contributed by atoms with Crippen molar-refractivity contribution in [3.63, 3.8) is 0 Å². The molecule has 0 radical (unpaired) electrons. The maximum absolute atomic E-state index is 12.6. The van der Waals surface area contributed by atoms with Crippen LogP contribution in [0.15, 0.2) is 12.1 Å². The number of carboxylic acids is 2. The van der Waals surface area contributed by atoms with Crippen molar-refractivity contribution >= 4 is 19.3 Å². The molecule has 0 saturated heterocycles. The third-order valence-corrected chi connectivity index (χ3v) is 1.52. The van der Waals surface area contributed by atoms with Crippen LogP contribution in [0.2, 0.25) is 0 Å². The van der Waals surface area contributed by atoms with Crippen LogP contribution < -0.4 is 0 Å². The summed E-state index contributed by atoms with van der Waals surface area (Å²) in [6.45, 7) is 0. The summed E-state index contributed by atoms with van der Waals surface area (Å²) in [6.07, 6.45) is 0. The smallest absolute Gasteiger partial charge is 0.478 e. The molecule has 7 nitrogen and oxygen atoms in total. The first-order valence-corrected chi connectivity index (χ1v) is 4.16. The standard InChI is InChI=1S/C8H4F2O4.BH3O3/c9-5-1-3(7(11)12)4(8(13)14)2-6(5)10;2-1(3)4/h1-2H,(H,11,12)(H,13,14);2-4H. The molecule has 18 heavy (non-hydrogen) atoms. The minimum absolute atomic E-state index is 0.334. The van der Waals surface area contributed by atoms with E-state index in [1.807, 2.05) is 0 Å². The van der Waals surface area contributed by atoms with E-state index >= 15 is 0 Å². The highest BCUT2D eigenvalue weighted by molar-refractivity contribution is 6.30. The number of aromatic carboxylic acids is 2. The van der Waals surface area contributed by atoms with Gasteiger partial charge in [-0.05, 0) is 12.1 Å². The van der Waals surface area contributed by atoms with Crippen molar-refractivity contribution in [3.8, 4) is 0 Å². The van der Waals surface area contributed by atoms with Gasteiger partial charge in [0.2, 0.25) is 0 Å². The normalized spacial score (nSPS) is 9.17. The number of carbonyl (C=O) groups is 2. The van der Waals surface area contributed by atoms with Gasteiger partial charge in [0, 0.05) is 0 Å². The van der Waals surface area contributed by atoms with E-state index in [4.69, 9.17) is 25.3 Å². The highest BCUT2D eigenvalue weighted by Gasteiger charge is 2.19. The number of halogens is 2. The van der Waals surface area contributed by atoms with Crippen LogP contribution in [0.25, 0.3) is 0 Å². The van der Waals surface area contributed by atoms with Crippen LogP contribution in [0.3, 0.4) is 0 Å². The Kier molecular flexibility index (Phi) is 5.89. The van der Waals surface area contributed by atoms with Crippen molar-refractivity contribution in [1.29, 1.82) is 0 Å². The van der Waals surface area contributed by atoms with Crippen molar-refractivity contribution in [2.45, 2.75) is 0 Å². The summed E-state index contributed by atoms with van der Waals surface area (Å²) in [5, 5.41) is 38.5. The molecule has 0 spiro atoms. The Bertz CT molecular complexity index is 421. The summed E-state index contributed by atoms with van der Waals surface area (Å²) >= 11 is 0. The molecule has 98 valence electrons. The lowest BCUT2D eigenvalue weighted by molar-refractivity contribution is 0.0650. The molecule has 10 heteroatoms. The SMILES string of the molecule is O=C(O)c1cc(F)c(F)cc1C(=O)O.OB(O)O. The predicted molar refractivity (Wildman–Crippen MR) is 52.7 cm³/mol. The monoisotopic (exact) mass is 264 g/mol. The van der Waals surface area contributed by atoms with Crippen molar-refractivity contribution in [1.82, 2.24) is 0 Å². The van der Waals surface area contributed by atoms with Crippen molar-refractivity contribution in [2.75, 3.05) is 0 Å². The Balaban J connectivity index is 0.000000631. The molecule has 1 aromatic carbocycles. The maximum atomic E-state index is 12.6. The lowest BCUT2D eigenvalue weighted by atomic mass is 10.1. The van der Waals surface area contributed by atoms with Crippen LogP contribution in [-0.2, 0) is 0 Å². The fourth-order valence-corrected chi connectivity index (χ4v) is 0.901. The average molecular weight is 264 g/mol. The molecule has 0 aliphatic heterocycles. The number of benzene rings is 1. The summed E-state index contributed by atoms with van der Waals surface area (Å²) in [5.74, 6) is -6.04. The Hall–Kier alpha value is -2.04. The molecule has 0 heterocycles. The van der Waals surface area contributed by atoms with Gasteiger partial charge in [-0.2, -0.15) is 0 Å². The van der Waals surface area contributed by atoms with E-state index < -0.39 is 42.0 Å². The summed E-state index contributed by atoms with van der Waals surface area (Å²) in [6, 6.07) is 0.669. The third-order valence-electron chi connectivity index (χ3n) is 1.52. The van der Waals surface area contributed by atoms with Crippen LogP contribution >= 0.6 is 0 Å². The summed E-state index contributed by atoms with van der Waals surface area (Å²) in [7, 11) is -2.17. The fourth-order valence-electron chi connectivity index (χ4n) is 0.901. The first-order chi connectivity index (χ1) is 8.16. The van der Waals surface area contributed by atoms with E-state index in [1.54, 1.807) is 0 Å². The summed E-state index contributed by atoms with van der Waals surface area (Å²) in [5.41, 5.74) is -1.56. The van der Waals surface area contributed by atoms with Gasteiger partial charge in [0.25, 0.3) is 0 Å². The van der Waals surface area contributed by atoms with Gasteiger partial charge in [-0.25, -0.2) is 18.4 Å². The van der Waals surface area contributed by atoms with Gasteiger partial charge < -0.3 is 25.3 Å². The quantitative estimate of drug-likeness (QED) is 0.446. The molecule has 0 aliphatic rings. The molecule has 0 fully saturated rings. The molecule has 0 atom stereocenters. The largest absolute Gasteiger partial charge is 0.631 e. The zero-order valence-corrected chi connectivity index (χ0v) is 8.54. The van der Waals surface area contributed by atoms with Gasteiger partial charge in [-0.1, -0.05) is 0 Å². The number of carboxylic acid groups (broad SMARTS) is 2. The van der Waals surface area contributed by atoms with Crippen molar-refractivity contribution in [2.24, 2.45) is 0 Å². The molecular formula is C8H7BF2O7. The number of hydrogen-bond acceptors (Lipinski definition) is 5. The van der Waals surface area contributed by atoms with E-state index in [0.29, 0.717) is 12.1 Å². The van der Waals surface area contributed by atoms with E-state index in [9.17, 15) is 18.4 Å². The minimum Gasteiger partial charge on any atom is -0.478 e. The Morgan fingerprint density at radius 2 is 1.11 bits per heavy atom. The minimum atomic E-state index is -2.17. The molecule has 0 saturated carbocycles. The maximum Gasteiger partial charge on any atom is 0.631 e. The Morgan fingerprint density at radius 3 is 1.28 bits per heavy atom. The molecule has 0 aromatic heterocycles. The molecule has 5 N–H and O–H groups in total. The Morgan fingerprint density at radius 1 is 0.889 bits per heavy atom. The topological polar surface area (TPSA) is 135 Å². The van der Waals surface area contributed by atoms with E-state index in [-0.39, 0.29) is 0 Å². The van der Waals surface area contributed by atoms with E-state index in [0.717, 1.165) is 0 Å². The van der Waals surface area contributed by atoms with Crippen LogP contribution in [0.1, 0.15) is 20.7 Å². The fraction of sp³-hybridized carbons (Fsp3) is 0. The second-order valence-corrected chi connectivity index (χ2v) is 2.77. The molecular weight excluding hydrogens is 257 g/mol. The molecule has 0 amide bonds. The third kappa shape index (κ3) is 4.87. The van der Waals surface area contributed by atoms with E-state index in [2.05, 4.69) is 0 Å². The molecule has 0 aliphatic carbocycles. The molecule has 0 unspecified atom stereocenters. The van der Waals surface area contributed by atoms with Crippen molar-refractivity contribution < 1.29 is 43.7 Å². The average Bonchev–Trinajstić information content (AvgIpc) is 2.19. The lowest BCUT2D eigenvalue weighted by Crippen LogP contribution is -2.09. The highest BCUT2D eigenvalue weighted by atomic mass is 19.2. The van der Waals surface area contributed by atoms with Gasteiger partial charge in [0.1, 0.15) is 0 Å². The van der Waals surface area contributed by atoms with E-state index in [1.165, 1.54) is 0 Å². The predicted octanol–water partition coefficient (Wildman–Crippen LogP) is -0.691. The summed E-state index contributed by atoms with van der Waals surface area (Å²) < 4.78 is 25.1. The second-order valence-electron chi connectivity index (χ2n) is 2.77. The molecule has 0 bridgehead atoms. The Labute approximate surface area is 98.7 Å². The van der Waals surface area contributed by atoms with Gasteiger partial charge >= 0.3 is 19.3 Å². The van der Waals surface area contributed by atoms with Gasteiger partial charge in [-0.15, -0.1) is 0 Å². The zero-order valence-electron chi connectivity index (χ0n) is 8.54. The molecule has 1 aromatic rings. The molecule has 1 rings (SSSR count). The highest BCUT2D eigenvalue weighted by Crippen LogP contribution is 2.15. The number of rotatable bonds is 2.